The van der Waals surface area contributed by atoms with Gasteiger partial charge in [-0.25, -0.2) is 5.10 Å². The lowest BCUT2D eigenvalue weighted by molar-refractivity contribution is 0.101. The first-order valence-electron chi connectivity index (χ1n) is 6.95. The number of hydrogen-bond acceptors (Lipinski definition) is 4. The first-order valence-corrected chi connectivity index (χ1v) is 7.75. The molecule has 120 valence electrons. The molecule has 1 aromatic heterocycles. The van der Waals surface area contributed by atoms with Gasteiger partial charge in [-0.1, -0.05) is 28.1 Å². The highest BCUT2D eigenvalue weighted by Crippen LogP contribution is 2.16. The second kappa shape index (κ2) is 7.05. The van der Waals surface area contributed by atoms with Crippen molar-refractivity contribution in [2.45, 2.75) is 0 Å². The van der Waals surface area contributed by atoms with Gasteiger partial charge < -0.3 is 5.32 Å². The SMILES string of the molecule is O=C(Nc1cccc(C(=O)Nc2ncn[nH]2)c1)c1cccc(Br)c1. The molecule has 2 aromatic carbocycles. The van der Waals surface area contributed by atoms with Crippen LogP contribution in [0.5, 0.6) is 0 Å². The van der Waals surface area contributed by atoms with Gasteiger partial charge in [0, 0.05) is 21.3 Å². The Morgan fingerprint density at radius 3 is 2.38 bits per heavy atom. The molecule has 3 rings (SSSR count). The lowest BCUT2D eigenvalue weighted by atomic mass is 10.1. The fourth-order valence-electron chi connectivity index (χ4n) is 2.02. The van der Waals surface area contributed by atoms with E-state index in [-0.39, 0.29) is 17.8 Å². The summed E-state index contributed by atoms with van der Waals surface area (Å²) >= 11 is 3.33. The number of rotatable bonds is 4. The Labute approximate surface area is 145 Å². The summed E-state index contributed by atoms with van der Waals surface area (Å²) in [7, 11) is 0. The van der Waals surface area contributed by atoms with Crippen LogP contribution in [-0.2, 0) is 0 Å². The third-order valence-electron chi connectivity index (χ3n) is 3.12. The zero-order valence-electron chi connectivity index (χ0n) is 12.3. The number of H-pyrrole nitrogens is 1. The molecule has 1 heterocycles. The molecule has 0 atom stereocenters. The molecule has 0 radical (unpaired) electrons. The van der Waals surface area contributed by atoms with Crippen LogP contribution in [0.25, 0.3) is 0 Å². The minimum atomic E-state index is -0.356. The Balaban J connectivity index is 1.73. The number of aromatic nitrogens is 3. The van der Waals surface area contributed by atoms with Crippen molar-refractivity contribution in [3.8, 4) is 0 Å². The van der Waals surface area contributed by atoms with Crippen LogP contribution in [0.2, 0.25) is 0 Å². The zero-order chi connectivity index (χ0) is 16.9. The van der Waals surface area contributed by atoms with Crippen molar-refractivity contribution in [2.75, 3.05) is 10.6 Å². The number of amides is 2. The number of carbonyl (C=O) groups excluding carboxylic acids is 2. The van der Waals surface area contributed by atoms with E-state index in [9.17, 15) is 9.59 Å². The van der Waals surface area contributed by atoms with E-state index in [1.807, 2.05) is 6.07 Å². The van der Waals surface area contributed by atoms with Crippen LogP contribution >= 0.6 is 15.9 Å². The van der Waals surface area contributed by atoms with Crippen LogP contribution < -0.4 is 10.6 Å². The average molecular weight is 386 g/mol. The third-order valence-corrected chi connectivity index (χ3v) is 3.61. The van der Waals surface area contributed by atoms with Gasteiger partial charge >= 0.3 is 0 Å². The van der Waals surface area contributed by atoms with Gasteiger partial charge in [-0.05, 0) is 36.4 Å². The summed E-state index contributed by atoms with van der Waals surface area (Å²) in [5.41, 5.74) is 1.42. The molecule has 0 saturated carbocycles. The maximum absolute atomic E-state index is 12.2. The van der Waals surface area contributed by atoms with Gasteiger partial charge in [0.15, 0.2) is 0 Å². The average Bonchev–Trinajstić information content (AvgIpc) is 3.08. The topological polar surface area (TPSA) is 99.8 Å². The molecule has 2 amide bonds. The molecule has 3 aromatic rings. The largest absolute Gasteiger partial charge is 0.322 e. The highest BCUT2D eigenvalue weighted by molar-refractivity contribution is 9.10. The van der Waals surface area contributed by atoms with Crippen molar-refractivity contribution in [1.29, 1.82) is 0 Å². The van der Waals surface area contributed by atoms with E-state index >= 15 is 0 Å². The van der Waals surface area contributed by atoms with Gasteiger partial charge in [0.1, 0.15) is 6.33 Å². The van der Waals surface area contributed by atoms with Crippen LogP contribution in [-0.4, -0.2) is 27.0 Å². The second-order valence-corrected chi connectivity index (χ2v) is 5.75. The summed E-state index contributed by atoms with van der Waals surface area (Å²) < 4.78 is 0.815. The number of halogens is 1. The molecule has 0 aliphatic rings. The van der Waals surface area contributed by atoms with E-state index in [1.54, 1.807) is 42.5 Å². The quantitative estimate of drug-likeness (QED) is 0.642. The number of aromatic amines is 1. The van der Waals surface area contributed by atoms with Crippen molar-refractivity contribution in [3.63, 3.8) is 0 Å². The molecule has 0 bridgehead atoms. The van der Waals surface area contributed by atoms with Crippen LogP contribution in [0.3, 0.4) is 0 Å². The second-order valence-electron chi connectivity index (χ2n) is 4.83. The fourth-order valence-corrected chi connectivity index (χ4v) is 2.42. The summed E-state index contributed by atoms with van der Waals surface area (Å²) in [5.74, 6) is -0.363. The highest BCUT2D eigenvalue weighted by Gasteiger charge is 2.10. The Hall–Kier alpha value is -3.00. The molecule has 0 unspecified atom stereocenters. The molecule has 3 N–H and O–H groups in total. The van der Waals surface area contributed by atoms with Crippen LogP contribution in [0, 0.1) is 0 Å². The summed E-state index contributed by atoms with van der Waals surface area (Å²) in [6, 6.07) is 13.7. The van der Waals surface area contributed by atoms with Gasteiger partial charge in [0.25, 0.3) is 11.8 Å². The van der Waals surface area contributed by atoms with E-state index in [4.69, 9.17) is 0 Å². The summed E-state index contributed by atoms with van der Waals surface area (Å²) in [5, 5.41) is 11.5. The van der Waals surface area contributed by atoms with Crippen LogP contribution in [0.1, 0.15) is 20.7 Å². The Bertz CT molecular complexity index is 880. The number of benzene rings is 2. The Morgan fingerprint density at radius 2 is 1.67 bits per heavy atom. The maximum Gasteiger partial charge on any atom is 0.258 e. The van der Waals surface area contributed by atoms with Gasteiger partial charge in [-0.3, -0.25) is 14.9 Å². The normalized spacial score (nSPS) is 10.2. The minimum absolute atomic E-state index is 0.253. The first kappa shape index (κ1) is 15.9. The molecule has 8 heteroatoms. The summed E-state index contributed by atoms with van der Waals surface area (Å²) in [4.78, 5) is 28.2. The van der Waals surface area contributed by atoms with E-state index in [0.29, 0.717) is 16.8 Å². The van der Waals surface area contributed by atoms with Crippen molar-refractivity contribution in [2.24, 2.45) is 0 Å². The first-order chi connectivity index (χ1) is 11.6. The van der Waals surface area contributed by atoms with Gasteiger partial charge in [0.2, 0.25) is 5.95 Å². The molecule has 0 aliphatic heterocycles. The number of carbonyl (C=O) groups is 2. The lowest BCUT2D eigenvalue weighted by Gasteiger charge is -2.08. The molecule has 0 fully saturated rings. The van der Waals surface area contributed by atoms with Crippen molar-refractivity contribution >= 4 is 39.4 Å². The van der Waals surface area contributed by atoms with Gasteiger partial charge in [-0.2, -0.15) is 10.1 Å². The van der Waals surface area contributed by atoms with Crippen molar-refractivity contribution < 1.29 is 9.59 Å². The zero-order valence-corrected chi connectivity index (χ0v) is 13.9. The number of nitrogens with zero attached hydrogens (tertiary/aromatic N) is 2. The molecule has 24 heavy (non-hydrogen) atoms. The monoisotopic (exact) mass is 385 g/mol. The highest BCUT2D eigenvalue weighted by atomic mass is 79.9. The van der Waals surface area contributed by atoms with E-state index in [2.05, 4.69) is 41.7 Å². The summed E-state index contributed by atoms with van der Waals surface area (Å²) in [6.45, 7) is 0. The molecular formula is C16H12BrN5O2. The van der Waals surface area contributed by atoms with Gasteiger partial charge in [-0.15, -0.1) is 0 Å². The smallest absolute Gasteiger partial charge is 0.258 e. The van der Waals surface area contributed by atoms with Crippen LogP contribution in [0.15, 0.2) is 59.3 Å². The maximum atomic E-state index is 12.2. The number of nitrogens with one attached hydrogen (secondary N) is 3. The number of hydrogen-bond donors (Lipinski definition) is 3. The van der Waals surface area contributed by atoms with E-state index in [0.717, 1.165) is 4.47 Å². The minimum Gasteiger partial charge on any atom is -0.322 e. The molecule has 0 aliphatic carbocycles. The van der Waals surface area contributed by atoms with Crippen molar-refractivity contribution in [1.82, 2.24) is 15.2 Å². The lowest BCUT2D eigenvalue weighted by Crippen LogP contribution is -2.15. The van der Waals surface area contributed by atoms with Gasteiger partial charge in [0.05, 0.1) is 0 Å². The number of anilines is 2. The molecule has 7 nitrogen and oxygen atoms in total. The van der Waals surface area contributed by atoms with E-state index < -0.39 is 0 Å². The standard InChI is InChI=1S/C16H12BrN5O2/c17-12-5-1-3-10(7-12)14(23)20-13-6-2-4-11(8-13)15(24)21-16-18-9-19-22-16/h1-9H,(H,20,23)(H2,18,19,21,22,24). The van der Waals surface area contributed by atoms with Crippen LogP contribution in [0.4, 0.5) is 11.6 Å². The summed E-state index contributed by atoms with van der Waals surface area (Å²) in [6.07, 6.45) is 1.30. The van der Waals surface area contributed by atoms with Crippen molar-refractivity contribution in [3.05, 3.63) is 70.5 Å². The molecular weight excluding hydrogens is 374 g/mol. The third kappa shape index (κ3) is 3.85. The molecule has 0 saturated heterocycles. The van der Waals surface area contributed by atoms with E-state index in [1.165, 1.54) is 6.33 Å². The fraction of sp³-hybridized carbons (Fsp3) is 0. The predicted molar refractivity (Wildman–Crippen MR) is 92.9 cm³/mol. The Kier molecular flexibility index (Phi) is 4.66. The molecule has 0 spiro atoms. The predicted octanol–water partition coefficient (Wildman–Crippen LogP) is 3.07. The Morgan fingerprint density at radius 1 is 0.958 bits per heavy atom.